The van der Waals surface area contributed by atoms with Gasteiger partial charge >= 0.3 is 0 Å². The van der Waals surface area contributed by atoms with E-state index in [9.17, 15) is 9.90 Å². The number of aliphatic hydroxyl groups is 1. The maximum atomic E-state index is 11.3. The maximum absolute atomic E-state index is 11.3. The van der Waals surface area contributed by atoms with Crippen molar-refractivity contribution < 1.29 is 9.90 Å². The highest BCUT2D eigenvalue weighted by molar-refractivity contribution is 7.11. The minimum Gasteiger partial charge on any atom is -0.391 e. The molecule has 19 heavy (non-hydrogen) atoms. The molecule has 1 aromatic heterocycles. The third-order valence-corrected chi connectivity index (χ3v) is 4.44. The molecule has 1 aromatic rings. The number of aliphatic hydroxyl groups excluding tert-OH is 1. The van der Waals surface area contributed by atoms with Gasteiger partial charge in [0.25, 0.3) is 5.91 Å². The lowest BCUT2D eigenvalue weighted by Gasteiger charge is -2.34. The topological polar surface area (TPSA) is 91.5 Å². The molecule has 1 aliphatic rings. The number of hydrazine groups is 1. The summed E-state index contributed by atoms with van der Waals surface area (Å²) in [6.45, 7) is 0.635. The normalized spacial score (nSPS) is 23.6. The second-order valence-electron chi connectivity index (χ2n) is 4.95. The standard InChI is InChI=1S/C12H20N4O2S/c1-16(9-4-2-3-5-10(9)17)6-8-7-19-12(14-8)11(18)15-13/h7,9-10,17H,2-6,13H2,1H3,(H,15,18). The lowest BCUT2D eigenvalue weighted by Crippen LogP contribution is -2.42. The number of likely N-dealkylation sites (N-methyl/N-ethyl adjacent to an activating group) is 1. The number of nitrogens with two attached hydrogens (primary N) is 1. The van der Waals surface area contributed by atoms with Gasteiger partial charge in [0.2, 0.25) is 0 Å². The molecule has 1 heterocycles. The van der Waals surface area contributed by atoms with E-state index in [1.54, 1.807) is 0 Å². The number of thiazole rings is 1. The van der Waals surface area contributed by atoms with Gasteiger partial charge < -0.3 is 5.11 Å². The molecule has 0 radical (unpaired) electrons. The van der Waals surface area contributed by atoms with Crippen molar-refractivity contribution in [2.45, 2.75) is 44.4 Å². The molecule has 0 aliphatic heterocycles. The number of nitrogen functional groups attached to an aromatic ring is 1. The van der Waals surface area contributed by atoms with E-state index >= 15 is 0 Å². The van der Waals surface area contributed by atoms with Crippen molar-refractivity contribution in [3.05, 3.63) is 16.1 Å². The van der Waals surface area contributed by atoms with Crippen molar-refractivity contribution in [2.24, 2.45) is 5.84 Å². The predicted octanol–water partition coefficient (Wildman–Crippen LogP) is 0.482. The summed E-state index contributed by atoms with van der Waals surface area (Å²) in [5, 5.41) is 12.2. The van der Waals surface area contributed by atoms with Crippen molar-refractivity contribution in [1.82, 2.24) is 15.3 Å². The van der Waals surface area contributed by atoms with Crippen molar-refractivity contribution >= 4 is 17.2 Å². The van der Waals surface area contributed by atoms with Gasteiger partial charge in [0.05, 0.1) is 11.8 Å². The molecule has 0 bridgehead atoms. The highest BCUT2D eigenvalue weighted by Crippen LogP contribution is 2.23. The first-order valence-electron chi connectivity index (χ1n) is 6.45. The van der Waals surface area contributed by atoms with Crippen LogP contribution < -0.4 is 11.3 Å². The smallest absolute Gasteiger partial charge is 0.294 e. The van der Waals surface area contributed by atoms with Crippen molar-refractivity contribution in [3.8, 4) is 0 Å². The molecular weight excluding hydrogens is 264 g/mol. The lowest BCUT2D eigenvalue weighted by atomic mass is 9.91. The van der Waals surface area contributed by atoms with Gasteiger partial charge in [-0.3, -0.25) is 15.1 Å². The van der Waals surface area contributed by atoms with Gasteiger partial charge in [-0.05, 0) is 19.9 Å². The van der Waals surface area contributed by atoms with Gasteiger partial charge in [-0.15, -0.1) is 11.3 Å². The van der Waals surface area contributed by atoms with Crippen LogP contribution in [0.2, 0.25) is 0 Å². The van der Waals surface area contributed by atoms with Crippen molar-refractivity contribution in [2.75, 3.05) is 7.05 Å². The minimum absolute atomic E-state index is 0.183. The molecule has 0 saturated heterocycles. The second kappa shape index (κ2) is 6.42. The van der Waals surface area contributed by atoms with Crippen LogP contribution in [-0.4, -0.2) is 40.1 Å². The maximum Gasteiger partial charge on any atom is 0.294 e. The van der Waals surface area contributed by atoms with Crippen LogP contribution in [-0.2, 0) is 6.54 Å². The van der Waals surface area contributed by atoms with E-state index in [0.29, 0.717) is 11.6 Å². The molecule has 1 amide bonds. The van der Waals surface area contributed by atoms with E-state index in [1.807, 2.05) is 12.4 Å². The Morgan fingerprint density at radius 3 is 3.05 bits per heavy atom. The predicted molar refractivity (Wildman–Crippen MR) is 73.5 cm³/mol. The van der Waals surface area contributed by atoms with E-state index in [2.05, 4.69) is 15.3 Å². The quantitative estimate of drug-likeness (QED) is 0.425. The monoisotopic (exact) mass is 284 g/mol. The number of aromatic nitrogens is 1. The Bertz CT molecular complexity index is 437. The first-order chi connectivity index (χ1) is 9.11. The van der Waals surface area contributed by atoms with Crippen LogP contribution in [0.15, 0.2) is 5.38 Å². The summed E-state index contributed by atoms with van der Waals surface area (Å²) in [5.41, 5.74) is 2.91. The first kappa shape index (κ1) is 14.4. The fraction of sp³-hybridized carbons (Fsp3) is 0.667. The van der Waals surface area contributed by atoms with E-state index < -0.39 is 0 Å². The van der Waals surface area contributed by atoms with Crippen LogP contribution in [0.25, 0.3) is 0 Å². The van der Waals surface area contributed by atoms with Crippen LogP contribution in [0, 0.1) is 0 Å². The van der Waals surface area contributed by atoms with Crippen LogP contribution in [0.5, 0.6) is 0 Å². The number of hydrogen-bond donors (Lipinski definition) is 3. The molecule has 106 valence electrons. The third-order valence-electron chi connectivity index (χ3n) is 3.55. The van der Waals surface area contributed by atoms with Crippen molar-refractivity contribution in [1.29, 1.82) is 0 Å². The average Bonchev–Trinajstić information content (AvgIpc) is 2.86. The summed E-state index contributed by atoms with van der Waals surface area (Å²) in [7, 11) is 1.99. The molecule has 6 nitrogen and oxygen atoms in total. The van der Waals surface area contributed by atoms with Crippen molar-refractivity contribution in [3.63, 3.8) is 0 Å². The molecule has 0 aromatic carbocycles. The Labute approximate surface area is 116 Å². The molecule has 1 aliphatic carbocycles. The molecule has 2 atom stereocenters. The second-order valence-corrected chi connectivity index (χ2v) is 5.81. The zero-order valence-electron chi connectivity index (χ0n) is 11.0. The molecule has 1 fully saturated rings. The van der Waals surface area contributed by atoms with E-state index in [1.165, 1.54) is 11.3 Å². The molecular formula is C12H20N4O2S. The SMILES string of the molecule is CN(Cc1csc(C(=O)NN)n1)C1CCCCC1O. The van der Waals surface area contributed by atoms with Crippen LogP contribution in [0.1, 0.15) is 41.2 Å². The Morgan fingerprint density at radius 1 is 1.63 bits per heavy atom. The van der Waals surface area contributed by atoms with Gasteiger partial charge in [-0.2, -0.15) is 0 Å². The number of nitrogens with zero attached hydrogens (tertiary/aromatic N) is 2. The minimum atomic E-state index is -0.364. The Kier molecular flexibility index (Phi) is 4.87. The van der Waals surface area contributed by atoms with E-state index in [0.717, 1.165) is 31.4 Å². The third kappa shape index (κ3) is 3.50. The molecule has 0 spiro atoms. The number of carbonyl (C=O) groups excluding carboxylic acids is 1. The number of rotatable bonds is 4. The first-order valence-corrected chi connectivity index (χ1v) is 7.33. The fourth-order valence-corrected chi connectivity index (χ4v) is 3.24. The number of hydrogen-bond acceptors (Lipinski definition) is 6. The number of amides is 1. The van der Waals surface area contributed by atoms with Crippen LogP contribution >= 0.6 is 11.3 Å². The van der Waals surface area contributed by atoms with Gasteiger partial charge in [0, 0.05) is 18.0 Å². The van der Waals surface area contributed by atoms with Gasteiger partial charge in [-0.25, -0.2) is 10.8 Å². The van der Waals surface area contributed by atoms with Gasteiger partial charge in [-0.1, -0.05) is 12.8 Å². The van der Waals surface area contributed by atoms with Crippen LogP contribution in [0.3, 0.4) is 0 Å². The van der Waals surface area contributed by atoms with E-state index in [4.69, 9.17) is 5.84 Å². The number of carbonyl (C=O) groups is 1. The van der Waals surface area contributed by atoms with E-state index in [-0.39, 0.29) is 18.1 Å². The Hall–Kier alpha value is -1.02. The van der Waals surface area contributed by atoms with Gasteiger partial charge in [0.15, 0.2) is 5.01 Å². The molecule has 7 heteroatoms. The van der Waals surface area contributed by atoms with Crippen LogP contribution in [0.4, 0.5) is 0 Å². The largest absolute Gasteiger partial charge is 0.391 e. The zero-order valence-corrected chi connectivity index (χ0v) is 11.8. The fourth-order valence-electron chi connectivity index (χ4n) is 2.52. The summed E-state index contributed by atoms with van der Waals surface area (Å²) in [4.78, 5) is 17.7. The molecule has 1 saturated carbocycles. The molecule has 2 rings (SSSR count). The summed E-state index contributed by atoms with van der Waals surface area (Å²) < 4.78 is 0. The molecule has 4 N–H and O–H groups in total. The lowest BCUT2D eigenvalue weighted by molar-refractivity contribution is 0.0284. The summed E-state index contributed by atoms with van der Waals surface area (Å²) >= 11 is 1.28. The zero-order chi connectivity index (χ0) is 13.8. The van der Waals surface area contributed by atoms with Gasteiger partial charge in [0.1, 0.15) is 0 Å². The molecule has 2 unspecified atom stereocenters. The summed E-state index contributed by atoms with van der Waals surface area (Å²) in [6, 6.07) is 0.183. The Balaban J connectivity index is 1.96. The summed E-state index contributed by atoms with van der Waals surface area (Å²) in [6.07, 6.45) is 3.88. The average molecular weight is 284 g/mol. The highest BCUT2D eigenvalue weighted by Gasteiger charge is 2.27. The highest BCUT2D eigenvalue weighted by atomic mass is 32.1. The summed E-state index contributed by atoms with van der Waals surface area (Å²) in [5.74, 6) is 4.71. The Morgan fingerprint density at radius 2 is 2.37 bits per heavy atom. The number of nitrogens with one attached hydrogen (secondary N) is 1.